The van der Waals surface area contributed by atoms with Gasteiger partial charge >= 0.3 is 0 Å². The highest BCUT2D eigenvalue weighted by molar-refractivity contribution is 6.05. The van der Waals surface area contributed by atoms with Crippen molar-refractivity contribution >= 4 is 22.1 Å². The van der Waals surface area contributed by atoms with E-state index in [2.05, 4.69) is 95.1 Å². The quantitative estimate of drug-likeness (QED) is 0.291. The molecular formula is C29H28N2O. The Hall–Kier alpha value is -3.46. The van der Waals surface area contributed by atoms with Crippen molar-refractivity contribution in [3.63, 3.8) is 0 Å². The van der Waals surface area contributed by atoms with E-state index in [0.717, 1.165) is 33.3 Å². The Morgan fingerprint density at radius 3 is 2.22 bits per heavy atom. The lowest BCUT2D eigenvalue weighted by atomic mass is 9.87. The van der Waals surface area contributed by atoms with Crippen molar-refractivity contribution in [2.75, 3.05) is 0 Å². The maximum Gasteiger partial charge on any atom is 0.227 e. The van der Waals surface area contributed by atoms with Gasteiger partial charge in [-0.05, 0) is 85.3 Å². The van der Waals surface area contributed by atoms with Crippen molar-refractivity contribution in [2.45, 2.75) is 47.0 Å². The van der Waals surface area contributed by atoms with E-state index < -0.39 is 0 Å². The Balaban J connectivity index is 1.63. The van der Waals surface area contributed by atoms with Gasteiger partial charge in [0.05, 0.1) is 11.4 Å². The molecule has 5 aromatic rings. The van der Waals surface area contributed by atoms with Gasteiger partial charge in [0.2, 0.25) is 5.71 Å². The molecule has 0 saturated carbocycles. The SMILES string of the molecule is Cc1cc(C)c(-c2ccc3c(n2)oc2ccc(-c4cc(C(C)(C)C)ccn4)cc23)c(C)c1. The molecule has 0 atom stereocenters. The number of benzene rings is 2. The van der Waals surface area contributed by atoms with Crippen LogP contribution in [0.4, 0.5) is 0 Å². The van der Waals surface area contributed by atoms with Crippen LogP contribution < -0.4 is 0 Å². The average Bonchev–Trinajstić information content (AvgIpc) is 3.09. The Bertz CT molecular complexity index is 1460. The first-order valence-electron chi connectivity index (χ1n) is 11.1. The lowest BCUT2D eigenvalue weighted by Crippen LogP contribution is -2.11. The second-order valence-electron chi connectivity index (χ2n) is 9.82. The molecular weight excluding hydrogens is 392 g/mol. The minimum absolute atomic E-state index is 0.0800. The van der Waals surface area contributed by atoms with E-state index in [9.17, 15) is 0 Å². The number of fused-ring (bicyclic) bond motifs is 3. The van der Waals surface area contributed by atoms with Gasteiger partial charge in [-0.2, -0.15) is 0 Å². The van der Waals surface area contributed by atoms with Gasteiger partial charge in [-0.3, -0.25) is 4.98 Å². The summed E-state index contributed by atoms with van der Waals surface area (Å²) in [5.41, 5.74) is 10.8. The van der Waals surface area contributed by atoms with E-state index in [4.69, 9.17) is 9.40 Å². The molecule has 32 heavy (non-hydrogen) atoms. The van der Waals surface area contributed by atoms with Crippen molar-refractivity contribution in [1.29, 1.82) is 0 Å². The zero-order valence-corrected chi connectivity index (χ0v) is 19.6. The first-order chi connectivity index (χ1) is 15.2. The summed E-state index contributed by atoms with van der Waals surface area (Å²) < 4.78 is 6.16. The number of rotatable bonds is 2. The number of aryl methyl sites for hydroxylation is 3. The standard InChI is InChI=1S/C29H28N2O/c1-17-13-18(2)27(19(3)14-17)24-9-8-22-23-15-20(7-10-26(23)32-28(22)31-24)25-16-21(11-12-30-25)29(4,5)6/h7-16H,1-6H3. The summed E-state index contributed by atoms with van der Waals surface area (Å²) in [5.74, 6) is 0. The topological polar surface area (TPSA) is 38.9 Å². The number of hydrogen-bond donors (Lipinski definition) is 0. The molecule has 5 rings (SSSR count). The second-order valence-corrected chi connectivity index (χ2v) is 9.82. The van der Waals surface area contributed by atoms with Crippen LogP contribution in [0.2, 0.25) is 0 Å². The van der Waals surface area contributed by atoms with Crippen LogP contribution in [0, 0.1) is 20.8 Å². The lowest BCUT2D eigenvalue weighted by Gasteiger charge is -2.19. The smallest absolute Gasteiger partial charge is 0.227 e. The Morgan fingerprint density at radius 2 is 1.50 bits per heavy atom. The fourth-order valence-corrected chi connectivity index (χ4v) is 4.59. The number of pyridine rings is 2. The Morgan fingerprint density at radius 1 is 0.750 bits per heavy atom. The molecule has 3 heteroatoms. The predicted octanol–water partition coefficient (Wildman–Crippen LogP) is 7.93. The van der Waals surface area contributed by atoms with Crippen LogP contribution in [-0.4, -0.2) is 9.97 Å². The van der Waals surface area contributed by atoms with Crippen molar-refractivity contribution in [1.82, 2.24) is 9.97 Å². The van der Waals surface area contributed by atoms with Gasteiger partial charge < -0.3 is 4.42 Å². The summed E-state index contributed by atoms with van der Waals surface area (Å²) in [6.07, 6.45) is 1.90. The maximum absolute atomic E-state index is 6.16. The molecule has 0 amide bonds. The predicted molar refractivity (Wildman–Crippen MR) is 133 cm³/mol. The van der Waals surface area contributed by atoms with Crippen LogP contribution in [0.1, 0.15) is 43.0 Å². The maximum atomic E-state index is 6.16. The molecule has 3 heterocycles. The van der Waals surface area contributed by atoms with Crippen LogP contribution in [0.3, 0.4) is 0 Å². The molecule has 3 nitrogen and oxygen atoms in total. The molecule has 0 saturated heterocycles. The molecule has 0 N–H and O–H groups in total. The zero-order chi connectivity index (χ0) is 22.6. The zero-order valence-electron chi connectivity index (χ0n) is 19.6. The number of nitrogens with zero attached hydrogens (tertiary/aromatic N) is 2. The molecule has 0 unspecified atom stereocenters. The number of furan rings is 1. The van der Waals surface area contributed by atoms with Crippen molar-refractivity contribution in [2.24, 2.45) is 0 Å². The van der Waals surface area contributed by atoms with Gasteiger partial charge in [0.1, 0.15) is 5.58 Å². The van der Waals surface area contributed by atoms with Crippen LogP contribution in [0.5, 0.6) is 0 Å². The van der Waals surface area contributed by atoms with E-state index in [1.54, 1.807) is 0 Å². The summed E-state index contributed by atoms with van der Waals surface area (Å²) in [4.78, 5) is 9.53. The average molecular weight is 421 g/mol. The minimum Gasteiger partial charge on any atom is -0.438 e. The Labute approximate surface area is 189 Å². The van der Waals surface area contributed by atoms with Crippen molar-refractivity contribution in [3.8, 4) is 22.5 Å². The van der Waals surface area contributed by atoms with Crippen LogP contribution in [0.25, 0.3) is 44.6 Å². The molecule has 0 spiro atoms. The van der Waals surface area contributed by atoms with Crippen LogP contribution in [0.15, 0.2) is 65.2 Å². The third kappa shape index (κ3) is 3.48. The molecule has 2 aromatic carbocycles. The third-order valence-electron chi connectivity index (χ3n) is 6.19. The van der Waals surface area contributed by atoms with Crippen molar-refractivity contribution in [3.05, 3.63) is 83.0 Å². The monoisotopic (exact) mass is 420 g/mol. The summed E-state index contributed by atoms with van der Waals surface area (Å²) in [6, 6.07) is 19.2. The second kappa shape index (κ2) is 7.30. The van der Waals surface area contributed by atoms with Crippen molar-refractivity contribution < 1.29 is 4.42 Å². The fourth-order valence-electron chi connectivity index (χ4n) is 4.59. The largest absolute Gasteiger partial charge is 0.438 e. The normalized spacial score (nSPS) is 12.1. The van der Waals surface area contributed by atoms with Gasteiger partial charge in [-0.1, -0.05) is 38.5 Å². The Kier molecular flexibility index (Phi) is 4.67. The lowest BCUT2D eigenvalue weighted by molar-refractivity contribution is 0.589. The van der Waals surface area contributed by atoms with E-state index >= 15 is 0 Å². The first-order valence-corrected chi connectivity index (χ1v) is 11.1. The molecule has 3 aromatic heterocycles. The minimum atomic E-state index is 0.0800. The highest BCUT2D eigenvalue weighted by atomic mass is 16.3. The number of aromatic nitrogens is 2. The highest BCUT2D eigenvalue weighted by Crippen LogP contribution is 2.35. The van der Waals surface area contributed by atoms with E-state index in [0.29, 0.717) is 5.71 Å². The summed E-state index contributed by atoms with van der Waals surface area (Å²) in [6.45, 7) is 13.1. The van der Waals surface area contributed by atoms with E-state index in [1.165, 1.54) is 27.8 Å². The first kappa shape index (κ1) is 20.4. The van der Waals surface area contributed by atoms with Gasteiger partial charge in [-0.15, -0.1) is 0 Å². The summed E-state index contributed by atoms with van der Waals surface area (Å²) >= 11 is 0. The van der Waals surface area contributed by atoms with E-state index in [1.807, 2.05) is 12.3 Å². The fraction of sp³-hybridized carbons (Fsp3) is 0.241. The van der Waals surface area contributed by atoms with Gasteiger partial charge in [0.25, 0.3) is 0 Å². The summed E-state index contributed by atoms with van der Waals surface area (Å²) in [7, 11) is 0. The molecule has 0 aliphatic carbocycles. The molecule has 0 bridgehead atoms. The van der Waals surface area contributed by atoms with Gasteiger partial charge in [-0.25, -0.2) is 4.98 Å². The molecule has 0 aliphatic rings. The summed E-state index contributed by atoms with van der Waals surface area (Å²) in [5, 5.41) is 2.09. The molecule has 0 fully saturated rings. The van der Waals surface area contributed by atoms with E-state index in [-0.39, 0.29) is 5.41 Å². The molecule has 0 radical (unpaired) electrons. The molecule has 160 valence electrons. The third-order valence-corrected chi connectivity index (χ3v) is 6.19. The van der Waals surface area contributed by atoms with Gasteiger partial charge in [0, 0.05) is 28.1 Å². The van der Waals surface area contributed by atoms with Crippen LogP contribution >= 0.6 is 0 Å². The number of hydrogen-bond acceptors (Lipinski definition) is 3. The van der Waals surface area contributed by atoms with Crippen LogP contribution in [-0.2, 0) is 5.41 Å². The highest BCUT2D eigenvalue weighted by Gasteiger charge is 2.16. The molecule has 0 aliphatic heterocycles. The van der Waals surface area contributed by atoms with Gasteiger partial charge in [0.15, 0.2) is 0 Å².